The van der Waals surface area contributed by atoms with Gasteiger partial charge in [-0.05, 0) is 0 Å². The molecule has 3 aromatic rings. The summed E-state index contributed by atoms with van der Waals surface area (Å²) >= 11 is -2.53. The molecule has 108 valence electrons. The summed E-state index contributed by atoms with van der Waals surface area (Å²) in [6.45, 7) is 0. The normalized spacial score (nSPS) is 15.8. The van der Waals surface area contributed by atoms with Crippen molar-refractivity contribution in [1.82, 2.24) is 0 Å². The van der Waals surface area contributed by atoms with Gasteiger partial charge < -0.3 is 0 Å². The van der Waals surface area contributed by atoms with Gasteiger partial charge in [0.2, 0.25) is 0 Å². The molecule has 0 atom stereocenters. The van der Waals surface area contributed by atoms with Gasteiger partial charge in [-0.3, -0.25) is 0 Å². The van der Waals surface area contributed by atoms with E-state index in [0.29, 0.717) is 9.79 Å². The number of rotatable bonds is 1. The molecule has 2 nitrogen and oxygen atoms in total. The maximum absolute atomic E-state index is 12.9. The van der Waals surface area contributed by atoms with Crippen LogP contribution in [-0.4, -0.2) is 30.2 Å². The molecule has 1 aliphatic rings. The molecule has 0 aliphatic carbocycles. The maximum atomic E-state index is 12.9. The van der Waals surface area contributed by atoms with Crippen LogP contribution in [0.4, 0.5) is 0 Å². The Morgan fingerprint density at radius 1 is 0.591 bits per heavy atom. The third-order valence-corrected chi connectivity index (χ3v) is 16.9. The summed E-state index contributed by atoms with van der Waals surface area (Å²) < 4.78 is 29.2. The van der Waals surface area contributed by atoms with E-state index in [1.165, 1.54) is 3.27 Å². The van der Waals surface area contributed by atoms with E-state index in [4.69, 9.17) is 0 Å². The summed E-state index contributed by atoms with van der Waals surface area (Å²) in [7, 11) is -3.39. The summed E-state index contributed by atoms with van der Waals surface area (Å²) in [6.07, 6.45) is 0. The molecule has 3 aromatic carbocycles. The van der Waals surface area contributed by atoms with Gasteiger partial charge >= 0.3 is 138 Å². The van der Waals surface area contributed by atoms with Gasteiger partial charge in [-0.25, -0.2) is 0 Å². The molecule has 0 amide bonds. The SMILES string of the molecule is O=S1(=O)c2cccc[c]2[Bi]([c]2ccccc2)[c]2ccccc21. The van der Waals surface area contributed by atoms with Crippen LogP contribution in [0, 0.1) is 0 Å². The fourth-order valence-corrected chi connectivity index (χ4v) is 17.8. The first-order valence-corrected chi connectivity index (χ1v) is 13.7. The molecule has 0 saturated heterocycles. The topological polar surface area (TPSA) is 34.1 Å². The molecule has 4 rings (SSSR count). The predicted molar refractivity (Wildman–Crippen MR) is 89.4 cm³/mol. The van der Waals surface area contributed by atoms with Gasteiger partial charge in [0.15, 0.2) is 0 Å². The van der Waals surface area contributed by atoms with Crippen molar-refractivity contribution < 1.29 is 8.42 Å². The quantitative estimate of drug-likeness (QED) is 0.369. The van der Waals surface area contributed by atoms with E-state index in [-0.39, 0.29) is 0 Å². The van der Waals surface area contributed by atoms with Gasteiger partial charge in [-0.15, -0.1) is 0 Å². The summed E-state index contributed by atoms with van der Waals surface area (Å²) in [5, 5.41) is 0. The van der Waals surface area contributed by atoms with Crippen molar-refractivity contribution in [2.75, 3.05) is 0 Å². The molecule has 1 aliphatic heterocycles. The van der Waals surface area contributed by atoms with Crippen LogP contribution in [0.15, 0.2) is 88.7 Å². The summed E-state index contributed by atoms with van der Waals surface area (Å²) in [4.78, 5) is 1.02. The van der Waals surface area contributed by atoms with E-state index in [1.54, 1.807) is 12.1 Å². The second kappa shape index (κ2) is 5.29. The Labute approximate surface area is 138 Å². The zero-order chi connectivity index (χ0) is 15.2. The van der Waals surface area contributed by atoms with E-state index >= 15 is 0 Å². The van der Waals surface area contributed by atoms with E-state index < -0.39 is 31.6 Å². The van der Waals surface area contributed by atoms with Gasteiger partial charge in [0.25, 0.3) is 0 Å². The number of benzene rings is 3. The van der Waals surface area contributed by atoms with E-state index in [1.807, 2.05) is 54.6 Å². The van der Waals surface area contributed by atoms with E-state index in [0.717, 1.165) is 6.54 Å². The Morgan fingerprint density at radius 2 is 1.05 bits per heavy atom. The summed E-state index contributed by atoms with van der Waals surface area (Å²) in [6, 6.07) is 25.4. The standard InChI is InChI=1S/C12H8O2S.C6H5.Bi/c13-15(14,11-7-3-1-4-8-11)12-9-5-2-6-10-12;1-2-4-6-5-3-1;/h1-7,9H;1-5H;. The van der Waals surface area contributed by atoms with Crippen LogP contribution in [0.1, 0.15) is 0 Å². The van der Waals surface area contributed by atoms with Crippen LogP contribution in [0.2, 0.25) is 0 Å². The monoisotopic (exact) mass is 502 g/mol. The summed E-state index contributed by atoms with van der Waals surface area (Å²) in [5.41, 5.74) is 0. The van der Waals surface area contributed by atoms with Crippen LogP contribution in [-0.2, 0) is 9.84 Å². The molecule has 1 heterocycles. The third kappa shape index (κ3) is 2.05. The van der Waals surface area contributed by atoms with Crippen molar-refractivity contribution in [3.8, 4) is 0 Å². The van der Waals surface area contributed by atoms with Crippen LogP contribution in [0.3, 0.4) is 0 Å². The average Bonchev–Trinajstić information content (AvgIpc) is 2.56. The Morgan fingerprint density at radius 3 is 1.59 bits per heavy atom. The molecule has 0 unspecified atom stereocenters. The Kier molecular flexibility index (Phi) is 3.39. The molecule has 0 fully saturated rings. The predicted octanol–water partition coefficient (Wildman–Crippen LogP) is 1.35. The van der Waals surface area contributed by atoms with Gasteiger partial charge in [-0.2, -0.15) is 0 Å². The van der Waals surface area contributed by atoms with Crippen molar-refractivity contribution >= 4 is 41.4 Å². The van der Waals surface area contributed by atoms with Crippen LogP contribution in [0.5, 0.6) is 0 Å². The zero-order valence-corrected chi connectivity index (χ0v) is 16.0. The van der Waals surface area contributed by atoms with Gasteiger partial charge in [-0.1, -0.05) is 0 Å². The molecular weight excluding hydrogens is 489 g/mol. The first kappa shape index (κ1) is 14.1. The van der Waals surface area contributed by atoms with Gasteiger partial charge in [0.05, 0.1) is 0 Å². The van der Waals surface area contributed by atoms with Gasteiger partial charge in [0, 0.05) is 0 Å². The van der Waals surface area contributed by atoms with Gasteiger partial charge in [0.1, 0.15) is 0 Å². The zero-order valence-electron chi connectivity index (χ0n) is 11.7. The van der Waals surface area contributed by atoms with Crippen molar-refractivity contribution in [3.05, 3.63) is 78.9 Å². The Balaban J connectivity index is 2.10. The summed E-state index contributed by atoms with van der Waals surface area (Å²) in [5.74, 6) is 0. The molecule has 22 heavy (non-hydrogen) atoms. The fraction of sp³-hybridized carbons (Fsp3) is 0. The van der Waals surface area contributed by atoms with E-state index in [9.17, 15) is 8.42 Å². The Bertz CT molecular complexity index is 896. The molecule has 0 saturated carbocycles. The van der Waals surface area contributed by atoms with Crippen molar-refractivity contribution in [3.63, 3.8) is 0 Å². The number of sulfone groups is 1. The fourth-order valence-electron chi connectivity index (χ4n) is 2.84. The number of fused-ring (bicyclic) bond motifs is 2. The Hall–Kier alpha value is -1.51. The minimum atomic E-state index is -3.39. The van der Waals surface area contributed by atoms with Crippen molar-refractivity contribution in [2.24, 2.45) is 0 Å². The van der Waals surface area contributed by atoms with Crippen LogP contribution >= 0.6 is 0 Å². The first-order valence-electron chi connectivity index (χ1n) is 6.98. The molecule has 4 heteroatoms. The second-order valence-electron chi connectivity index (χ2n) is 5.11. The van der Waals surface area contributed by atoms with Crippen LogP contribution in [0.25, 0.3) is 0 Å². The minimum absolute atomic E-state index is 0.510. The molecule has 0 N–H and O–H groups in total. The second-order valence-corrected chi connectivity index (χ2v) is 15.4. The third-order valence-electron chi connectivity index (χ3n) is 3.81. The molecule has 0 bridgehead atoms. The average molecular weight is 502 g/mol. The molecule has 0 spiro atoms. The van der Waals surface area contributed by atoms with Crippen molar-refractivity contribution in [2.45, 2.75) is 9.79 Å². The van der Waals surface area contributed by atoms with Crippen molar-refractivity contribution in [1.29, 1.82) is 0 Å². The van der Waals surface area contributed by atoms with Crippen LogP contribution < -0.4 is 9.81 Å². The molecule has 0 radical (unpaired) electrons. The molecular formula is C18H13BiO2S. The molecule has 0 aromatic heterocycles. The number of hydrogen-bond donors (Lipinski definition) is 0. The first-order chi connectivity index (χ1) is 10.7. The number of hydrogen-bond acceptors (Lipinski definition) is 2. The van der Waals surface area contributed by atoms with E-state index in [2.05, 4.69) is 12.1 Å².